The van der Waals surface area contributed by atoms with Gasteiger partial charge in [-0.25, -0.2) is 14.8 Å². The topological polar surface area (TPSA) is 124 Å². The number of amides is 2. The highest BCUT2D eigenvalue weighted by Crippen LogP contribution is 2.26. The number of carbonyl (C=O) groups excluding carboxylic acids is 2. The van der Waals surface area contributed by atoms with Crippen molar-refractivity contribution >= 4 is 28.9 Å². The Kier molecular flexibility index (Phi) is 4.50. The second kappa shape index (κ2) is 6.73. The van der Waals surface area contributed by atoms with E-state index in [9.17, 15) is 9.59 Å². The Morgan fingerprint density at radius 3 is 3.00 bits per heavy atom. The zero-order chi connectivity index (χ0) is 17.1. The molecule has 24 heavy (non-hydrogen) atoms. The highest BCUT2D eigenvalue weighted by Gasteiger charge is 2.29. The van der Waals surface area contributed by atoms with Crippen LogP contribution in [0.1, 0.15) is 25.7 Å². The largest absolute Gasteiger partial charge is 0.446 e. The van der Waals surface area contributed by atoms with Crippen LogP contribution in [0.4, 0.5) is 10.6 Å². The second-order valence-electron chi connectivity index (χ2n) is 5.95. The zero-order valence-corrected chi connectivity index (χ0v) is 13.4. The van der Waals surface area contributed by atoms with Gasteiger partial charge in [-0.2, -0.15) is 0 Å². The Morgan fingerprint density at radius 1 is 1.38 bits per heavy atom. The van der Waals surface area contributed by atoms with Gasteiger partial charge in [0.1, 0.15) is 11.9 Å². The molecule has 0 aromatic carbocycles. The van der Waals surface area contributed by atoms with Gasteiger partial charge in [0, 0.05) is 19.0 Å². The lowest BCUT2D eigenvalue weighted by atomic mass is 9.87. The molecule has 0 bridgehead atoms. The first-order valence-corrected chi connectivity index (χ1v) is 7.82. The lowest BCUT2D eigenvalue weighted by molar-refractivity contribution is -0.126. The van der Waals surface area contributed by atoms with Gasteiger partial charge in [-0.05, 0) is 25.7 Å². The number of aryl methyl sites for hydroxylation is 1. The minimum Gasteiger partial charge on any atom is -0.446 e. The SMILES string of the molecule is Cn1cnc2cc(NNC(=O)[C@H]3CCC[C@@H](OC(N)=O)C3)ncc21. The molecule has 0 aliphatic heterocycles. The smallest absolute Gasteiger partial charge is 0.404 e. The number of rotatable bonds is 4. The third-order valence-electron chi connectivity index (χ3n) is 4.21. The molecule has 2 aromatic rings. The van der Waals surface area contributed by atoms with E-state index in [4.69, 9.17) is 10.5 Å². The van der Waals surface area contributed by atoms with Gasteiger partial charge in [-0.1, -0.05) is 0 Å². The lowest BCUT2D eigenvalue weighted by Crippen LogP contribution is -2.39. The Labute approximate surface area is 138 Å². The van der Waals surface area contributed by atoms with Gasteiger partial charge in [0.15, 0.2) is 0 Å². The molecular formula is C15H20N6O3. The number of carbonyl (C=O) groups is 2. The molecule has 0 spiro atoms. The van der Waals surface area contributed by atoms with Crippen LogP contribution in [-0.4, -0.2) is 32.6 Å². The Morgan fingerprint density at radius 2 is 2.21 bits per heavy atom. The summed E-state index contributed by atoms with van der Waals surface area (Å²) >= 11 is 0. The third kappa shape index (κ3) is 3.55. The van der Waals surface area contributed by atoms with E-state index < -0.39 is 6.09 Å². The number of nitrogens with two attached hydrogens (primary N) is 1. The van der Waals surface area contributed by atoms with Crippen molar-refractivity contribution in [2.75, 3.05) is 5.43 Å². The molecule has 1 fully saturated rings. The number of imidazole rings is 1. The third-order valence-corrected chi connectivity index (χ3v) is 4.21. The van der Waals surface area contributed by atoms with Gasteiger partial charge in [0.25, 0.3) is 0 Å². The molecule has 2 amide bonds. The van der Waals surface area contributed by atoms with Crippen molar-refractivity contribution in [1.29, 1.82) is 0 Å². The molecule has 0 saturated heterocycles. The van der Waals surface area contributed by atoms with Crippen LogP contribution in [0.25, 0.3) is 11.0 Å². The van der Waals surface area contributed by atoms with Crippen molar-refractivity contribution in [3.05, 3.63) is 18.6 Å². The maximum absolute atomic E-state index is 12.3. The fraction of sp³-hybridized carbons (Fsp3) is 0.467. The summed E-state index contributed by atoms with van der Waals surface area (Å²) in [6.07, 6.45) is 5.07. The van der Waals surface area contributed by atoms with Crippen LogP contribution < -0.4 is 16.6 Å². The number of nitrogens with one attached hydrogen (secondary N) is 2. The minimum absolute atomic E-state index is 0.157. The molecule has 4 N–H and O–H groups in total. The van der Waals surface area contributed by atoms with E-state index in [1.165, 1.54) is 0 Å². The summed E-state index contributed by atoms with van der Waals surface area (Å²) in [7, 11) is 1.89. The Balaban J connectivity index is 1.56. The molecule has 0 unspecified atom stereocenters. The number of fused-ring (bicyclic) bond motifs is 1. The van der Waals surface area contributed by atoms with Gasteiger partial charge < -0.3 is 15.0 Å². The summed E-state index contributed by atoms with van der Waals surface area (Å²) < 4.78 is 6.87. The van der Waals surface area contributed by atoms with Gasteiger partial charge in [0.2, 0.25) is 5.91 Å². The summed E-state index contributed by atoms with van der Waals surface area (Å²) in [6.45, 7) is 0. The highest BCUT2D eigenvalue weighted by atomic mass is 16.6. The summed E-state index contributed by atoms with van der Waals surface area (Å²) in [5.41, 5.74) is 12.2. The van der Waals surface area contributed by atoms with E-state index in [-0.39, 0.29) is 17.9 Å². The fourth-order valence-corrected chi connectivity index (χ4v) is 2.97. The van der Waals surface area contributed by atoms with Crippen molar-refractivity contribution in [3.8, 4) is 0 Å². The summed E-state index contributed by atoms with van der Waals surface area (Å²) in [6, 6.07) is 1.76. The molecule has 1 aliphatic carbocycles. The van der Waals surface area contributed by atoms with Crippen LogP contribution in [0.5, 0.6) is 0 Å². The first-order chi connectivity index (χ1) is 11.5. The van der Waals surface area contributed by atoms with E-state index in [0.717, 1.165) is 30.3 Å². The lowest BCUT2D eigenvalue weighted by Gasteiger charge is -2.27. The van der Waals surface area contributed by atoms with Crippen molar-refractivity contribution in [1.82, 2.24) is 20.0 Å². The molecule has 3 rings (SSSR count). The Bertz CT molecular complexity index is 759. The standard InChI is InChI=1S/C15H20N6O3/c1-21-8-18-11-6-13(17-7-12(11)21)19-20-14(22)9-3-2-4-10(5-9)24-15(16)23/h6-10H,2-5H2,1H3,(H2,16,23)(H,17,19)(H,20,22)/t9-,10+/m0/s1. The summed E-state index contributed by atoms with van der Waals surface area (Å²) in [5.74, 6) is 0.125. The number of pyridine rings is 1. The number of hydrogen-bond acceptors (Lipinski definition) is 6. The van der Waals surface area contributed by atoms with Gasteiger partial charge >= 0.3 is 6.09 Å². The molecule has 2 aromatic heterocycles. The maximum Gasteiger partial charge on any atom is 0.404 e. The molecule has 1 aliphatic rings. The zero-order valence-electron chi connectivity index (χ0n) is 13.4. The second-order valence-corrected chi connectivity index (χ2v) is 5.95. The first kappa shape index (κ1) is 16.0. The van der Waals surface area contributed by atoms with Crippen LogP contribution in [0.3, 0.4) is 0 Å². The van der Waals surface area contributed by atoms with Crippen molar-refractivity contribution in [2.24, 2.45) is 18.7 Å². The fourth-order valence-electron chi connectivity index (χ4n) is 2.97. The number of anilines is 1. The van der Waals surface area contributed by atoms with E-state index >= 15 is 0 Å². The van der Waals surface area contributed by atoms with Gasteiger partial charge in [0.05, 0.1) is 23.6 Å². The quantitative estimate of drug-likeness (QED) is 0.719. The Hall–Kier alpha value is -2.84. The molecule has 0 radical (unpaired) electrons. The number of ether oxygens (including phenoxy) is 1. The van der Waals surface area contributed by atoms with E-state index in [1.807, 2.05) is 11.6 Å². The van der Waals surface area contributed by atoms with Gasteiger partial charge in [-0.3, -0.25) is 15.6 Å². The predicted octanol–water partition coefficient (Wildman–Crippen LogP) is 1.07. The van der Waals surface area contributed by atoms with E-state index in [1.54, 1.807) is 18.6 Å². The minimum atomic E-state index is -0.799. The summed E-state index contributed by atoms with van der Waals surface area (Å²) in [4.78, 5) is 31.6. The normalized spacial score (nSPS) is 20.5. The molecule has 1 saturated carbocycles. The van der Waals surface area contributed by atoms with E-state index in [2.05, 4.69) is 20.8 Å². The first-order valence-electron chi connectivity index (χ1n) is 7.82. The number of aromatic nitrogens is 3. The number of primary amides is 1. The monoisotopic (exact) mass is 332 g/mol. The van der Waals surface area contributed by atoms with Crippen LogP contribution in [0.2, 0.25) is 0 Å². The molecule has 2 atom stereocenters. The van der Waals surface area contributed by atoms with Crippen LogP contribution in [-0.2, 0) is 16.6 Å². The highest BCUT2D eigenvalue weighted by molar-refractivity contribution is 5.81. The summed E-state index contributed by atoms with van der Waals surface area (Å²) in [5, 5.41) is 0. The average molecular weight is 332 g/mol. The predicted molar refractivity (Wildman–Crippen MR) is 86.7 cm³/mol. The molecule has 128 valence electrons. The molecule has 2 heterocycles. The van der Waals surface area contributed by atoms with Crippen LogP contribution >= 0.6 is 0 Å². The number of nitrogens with zero attached hydrogens (tertiary/aromatic N) is 3. The average Bonchev–Trinajstić information content (AvgIpc) is 2.93. The molecular weight excluding hydrogens is 312 g/mol. The molecule has 9 nitrogen and oxygen atoms in total. The van der Waals surface area contributed by atoms with Crippen molar-refractivity contribution in [3.63, 3.8) is 0 Å². The van der Waals surface area contributed by atoms with Crippen molar-refractivity contribution < 1.29 is 14.3 Å². The van der Waals surface area contributed by atoms with E-state index in [0.29, 0.717) is 12.2 Å². The van der Waals surface area contributed by atoms with Crippen LogP contribution in [0, 0.1) is 5.92 Å². The van der Waals surface area contributed by atoms with Gasteiger partial charge in [-0.15, -0.1) is 0 Å². The van der Waals surface area contributed by atoms with Crippen LogP contribution in [0.15, 0.2) is 18.6 Å². The number of hydrazine groups is 1. The number of hydrogen-bond donors (Lipinski definition) is 3. The molecule has 9 heteroatoms. The maximum atomic E-state index is 12.3. The van der Waals surface area contributed by atoms with Crippen molar-refractivity contribution in [2.45, 2.75) is 31.8 Å².